The Balaban J connectivity index is 1.90. The van der Waals surface area contributed by atoms with Gasteiger partial charge in [0.05, 0.1) is 4.92 Å². The lowest BCUT2D eigenvalue weighted by Crippen LogP contribution is -2.39. The van der Waals surface area contributed by atoms with Gasteiger partial charge in [0.1, 0.15) is 0 Å². The molecule has 7 heteroatoms. The number of nitrogens with zero attached hydrogens (tertiary/aromatic N) is 2. The largest absolute Gasteiger partial charge is 0.352 e. The van der Waals surface area contributed by atoms with E-state index in [1.807, 2.05) is 24.3 Å². The van der Waals surface area contributed by atoms with Gasteiger partial charge in [-0.3, -0.25) is 19.7 Å². The molecule has 1 aliphatic heterocycles. The summed E-state index contributed by atoms with van der Waals surface area (Å²) in [4.78, 5) is 37.4. The zero-order valence-electron chi connectivity index (χ0n) is 17.2. The Labute approximate surface area is 175 Å². The summed E-state index contributed by atoms with van der Waals surface area (Å²) in [5.41, 5.74) is 2.17. The van der Waals surface area contributed by atoms with Gasteiger partial charge < -0.3 is 10.2 Å². The molecule has 30 heavy (non-hydrogen) atoms. The van der Waals surface area contributed by atoms with Crippen LogP contribution in [0.3, 0.4) is 0 Å². The number of non-ortho nitro benzene ring substituents is 1. The first-order valence-electron chi connectivity index (χ1n) is 9.88. The fourth-order valence-corrected chi connectivity index (χ4v) is 3.98. The summed E-state index contributed by atoms with van der Waals surface area (Å²) < 4.78 is 0. The molecule has 0 aromatic heterocycles. The molecule has 156 valence electrons. The maximum Gasteiger partial charge on any atom is 0.270 e. The molecule has 7 nitrogen and oxygen atoms in total. The number of fused-ring (bicyclic) bond motifs is 1. The molecular formula is C23H25N3O4. The van der Waals surface area contributed by atoms with Crippen LogP contribution in [0.1, 0.15) is 42.6 Å². The lowest BCUT2D eigenvalue weighted by atomic mass is 9.77. The van der Waals surface area contributed by atoms with Gasteiger partial charge in [-0.1, -0.05) is 37.8 Å². The van der Waals surface area contributed by atoms with Gasteiger partial charge in [-0.2, -0.15) is 0 Å². The summed E-state index contributed by atoms with van der Waals surface area (Å²) in [6.07, 6.45) is 1.45. The van der Waals surface area contributed by atoms with Gasteiger partial charge in [-0.25, -0.2) is 0 Å². The molecule has 0 fully saturated rings. The number of amides is 2. The van der Waals surface area contributed by atoms with Crippen LogP contribution in [0.15, 0.2) is 60.7 Å². The smallest absolute Gasteiger partial charge is 0.270 e. The number of benzene rings is 2. The monoisotopic (exact) mass is 407 g/mol. The molecule has 0 aliphatic carbocycles. The zero-order chi connectivity index (χ0) is 21.9. The second kappa shape index (κ2) is 8.49. The van der Waals surface area contributed by atoms with Crippen molar-refractivity contribution in [2.75, 3.05) is 18.0 Å². The number of carbonyl (C=O) groups is 2. The van der Waals surface area contributed by atoms with E-state index in [1.165, 1.54) is 18.2 Å². The standard InChI is InChI=1S/C23H25N3O4/c1-4-23(12-13-24-21(27)16(2)3)15-25(20-11-6-5-10-19(20)23)22(28)17-8-7-9-18(14-17)26(29)30/h5-11,14H,2,4,12-13,15H2,1,3H3,(H,24,27). The summed E-state index contributed by atoms with van der Waals surface area (Å²) in [7, 11) is 0. The average molecular weight is 407 g/mol. The molecule has 2 aromatic rings. The van der Waals surface area contributed by atoms with Crippen LogP contribution in [-0.4, -0.2) is 29.8 Å². The second-order valence-corrected chi connectivity index (χ2v) is 7.64. The molecule has 0 bridgehead atoms. The fourth-order valence-electron chi connectivity index (χ4n) is 3.98. The van der Waals surface area contributed by atoms with Gasteiger partial charge in [0.25, 0.3) is 11.6 Å². The van der Waals surface area contributed by atoms with Crippen molar-refractivity contribution in [3.05, 3.63) is 81.9 Å². The van der Waals surface area contributed by atoms with Gasteiger partial charge in [0.15, 0.2) is 0 Å². The van der Waals surface area contributed by atoms with Crippen LogP contribution in [0.5, 0.6) is 0 Å². The highest BCUT2D eigenvalue weighted by atomic mass is 16.6. The SMILES string of the molecule is C=C(C)C(=O)NCCC1(CC)CN(C(=O)c2cccc([N+](=O)[O-])c2)c2ccccc21. The number of rotatable bonds is 7. The van der Waals surface area contributed by atoms with E-state index >= 15 is 0 Å². The highest BCUT2D eigenvalue weighted by Crippen LogP contribution is 2.45. The Hall–Kier alpha value is -3.48. The number of nitro benzene ring substituents is 1. The lowest BCUT2D eigenvalue weighted by Gasteiger charge is -2.29. The third kappa shape index (κ3) is 3.96. The minimum atomic E-state index is -0.505. The number of nitro groups is 1. The second-order valence-electron chi connectivity index (χ2n) is 7.64. The van der Waals surface area contributed by atoms with E-state index in [-0.39, 0.29) is 28.5 Å². The molecule has 0 saturated heterocycles. The molecule has 0 radical (unpaired) electrons. The summed E-state index contributed by atoms with van der Waals surface area (Å²) in [5.74, 6) is -0.454. The van der Waals surface area contributed by atoms with Gasteiger partial charge in [-0.15, -0.1) is 0 Å². The molecule has 2 aromatic carbocycles. The highest BCUT2D eigenvalue weighted by Gasteiger charge is 2.43. The molecule has 1 aliphatic rings. The fraction of sp³-hybridized carbons (Fsp3) is 0.304. The molecule has 1 atom stereocenters. The number of para-hydroxylation sites is 1. The average Bonchev–Trinajstić information content (AvgIpc) is 3.08. The van der Waals surface area contributed by atoms with E-state index in [0.717, 1.165) is 17.7 Å². The molecule has 0 spiro atoms. The highest BCUT2D eigenvalue weighted by molar-refractivity contribution is 6.08. The van der Waals surface area contributed by atoms with Crippen molar-refractivity contribution < 1.29 is 14.5 Å². The van der Waals surface area contributed by atoms with E-state index in [4.69, 9.17) is 0 Å². The number of nitrogens with one attached hydrogen (secondary N) is 1. The first-order chi connectivity index (χ1) is 14.3. The Bertz CT molecular complexity index is 1020. The predicted octanol–water partition coefficient (Wildman–Crippen LogP) is 3.99. The molecule has 1 unspecified atom stereocenters. The summed E-state index contributed by atoms with van der Waals surface area (Å²) in [6.45, 7) is 8.30. The maximum atomic E-state index is 13.3. The van der Waals surface area contributed by atoms with E-state index in [1.54, 1.807) is 17.9 Å². The minimum Gasteiger partial charge on any atom is -0.352 e. The van der Waals surface area contributed by atoms with Gasteiger partial charge in [0, 0.05) is 47.5 Å². The van der Waals surface area contributed by atoms with Crippen molar-refractivity contribution in [2.45, 2.75) is 32.1 Å². The normalized spacial score (nSPS) is 17.3. The molecule has 0 saturated carbocycles. The zero-order valence-corrected chi connectivity index (χ0v) is 17.2. The van der Waals surface area contributed by atoms with E-state index in [0.29, 0.717) is 25.1 Å². The van der Waals surface area contributed by atoms with Crippen molar-refractivity contribution in [2.24, 2.45) is 0 Å². The maximum absolute atomic E-state index is 13.3. The van der Waals surface area contributed by atoms with Crippen LogP contribution in [0, 0.1) is 10.1 Å². The van der Waals surface area contributed by atoms with Crippen molar-refractivity contribution >= 4 is 23.2 Å². The van der Waals surface area contributed by atoms with Crippen LogP contribution in [0.4, 0.5) is 11.4 Å². The van der Waals surface area contributed by atoms with Gasteiger partial charge >= 0.3 is 0 Å². The van der Waals surface area contributed by atoms with Gasteiger partial charge in [0.2, 0.25) is 5.91 Å². The number of hydrogen-bond acceptors (Lipinski definition) is 4. The summed E-state index contributed by atoms with van der Waals surface area (Å²) >= 11 is 0. The van der Waals surface area contributed by atoms with Crippen LogP contribution in [0.25, 0.3) is 0 Å². The number of anilines is 1. The van der Waals surface area contributed by atoms with Crippen molar-refractivity contribution in [3.63, 3.8) is 0 Å². The molecular weight excluding hydrogens is 382 g/mol. The van der Waals surface area contributed by atoms with Crippen LogP contribution < -0.4 is 10.2 Å². The van der Waals surface area contributed by atoms with Gasteiger partial charge in [-0.05, 0) is 37.5 Å². The minimum absolute atomic E-state index is 0.113. The molecule has 2 amide bonds. The van der Waals surface area contributed by atoms with E-state index < -0.39 is 4.92 Å². The molecule has 1 heterocycles. The van der Waals surface area contributed by atoms with Crippen molar-refractivity contribution in [1.82, 2.24) is 5.32 Å². The van der Waals surface area contributed by atoms with Crippen LogP contribution >= 0.6 is 0 Å². The lowest BCUT2D eigenvalue weighted by molar-refractivity contribution is -0.384. The first kappa shape index (κ1) is 21.2. The number of hydrogen-bond donors (Lipinski definition) is 1. The Morgan fingerprint density at radius 3 is 2.63 bits per heavy atom. The van der Waals surface area contributed by atoms with Crippen LogP contribution in [-0.2, 0) is 10.2 Å². The predicted molar refractivity (Wildman–Crippen MR) is 116 cm³/mol. The Morgan fingerprint density at radius 2 is 1.97 bits per heavy atom. The van der Waals surface area contributed by atoms with E-state index in [2.05, 4.69) is 18.8 Å². The Kier molecular flexibility index (Phi) is 6.01. The third-order valence-corrected chi connectivity index (χ3v) is 5.73. The molecule has 3 rings (SSSR count). The third-order valence-electron chi connectivity index (χ3n) is 5.73. The quantitative estimate of drug-likeness (QED) is 0.427. The van der Waals surface area contributed by atoms with Crippen molar-refractivity contribution in [1.29, 1.82) is 0 Å². The summed E-state index contributed by atoms with van der Waals surface area (Å²) in [6, 6.07) is 13.5. The first-order valence-corrected chi connectivity index (χ1v) is 9.88. The number of carbonyl (C=O) groups excluding carboxylic acids is 2. The van der Waals surface area contributed by atoms with Crippen molar-refractivity contribution in [3.8, 4) is 0 Å². The Morgan fingerprint density at radius 1 is 1.23 bits per heavy atom. The summed E-state index contributed by atoms with van der Waals surface area (Å²) in [5, 5.41) is 14.0. The molecule has 1 N–H and O–H groups in total. The van der Waals surface area contributed by atoms with Crippen LogP contribution in [0.2, 0.25) is 0 Å². The topological polar surface area (TPSA) is 92.6 Å². The van der Waals surface area contributed by atoms with E-state index in [9.17, 15) is 19.7 Å².